The first-order chi connectivity index (χ1) is 20.2. The Morgan fingerprint density at radius 2 is 0.756 bits per heavy atom. The number of hydrogen-bond acceptors (Lipinski definition) is 3. The van der Waals surface area contributed by atoms with Gasteiger partial charge in [0.2, 0.25) is 0 Å². The van der Waals surface area contributed by atoms with Gasteiger partial charge in [-0.2, -0.15) is 0 Å². The van der Waals surface area contributed by atoms with Crippen LogP contribution in [-0.2, 0) is 4.52 Å². The van der Waals surface area contributed by atoms with Gasteiger partial charge in [0.1, 0.15) is 11.5 Å². The molecule has 3 nitrogen and oxygen atoms in total. The molecule has 0 amide bonds. The lowest BCUT2D eigenvalue weighted by Crippen LogP contribution is -2.01. The molecule has 0 aromatic heterocycles. The molecular weight excluding hydrogens is 523 g/mol. The standard InChI is InChI=1S/C37H61O3P/c1-35(2)29-23-19-17-15-13-11-9-7-5-3-4-6-8-10-12-14-16-18-20-28-34-38-41(39-36-30-24-21-25-31-36)40-37-32-26-22-27-33-37/h21-22,24-27,30-33,35H,3-20,23,28-29,34H2,1-2H3. The van der Waals surface area contributed by atoms with Gasteiger partial charge in [-0.25, -0.2) is 0 Å². The Hall–Kier alpha value is -1.57. The molecule has 0 radical (unpaired) electrons. The van der Waals surface area contributed by atoms with Crippen LogP contribution in [0.3, 0.4) is 0 Å². The van der Waals surface area contributed by atoms with Crippen LogP contribution in [-0.4, -0.2) is 6.61 Å². The third-order valence-corrected chi connectivity index (χ3v) is 8.83. The molecule has 0 bridgehead atoms. The second-order valence-electron chi connectivity index (χ2n) is 12.1. The van der Waals surface area contributed by atoms with Crippen LogP contribution in [0, 0.1) is 5.92 Å². The van der Waals surface area contributed by atoms with E-state index in [-0.39, 0.29) is 0 Å². The molecule has 4 heteroatoms. The van der Waals surface area contributed by atoms with Gasteiger partial charge in [0, 0.05) is 0 Å². The molecule has 0 aliphatic heterocycles. The molecule has 0 unspecified atom stereocenters. The van der Waals surface area contributed by atoms with Crippen LogP contribution in [0.2, 0.25) is 0 Å². The largest absolute Gasteiger partial charge is 0.463 e. The fourth-order valence-electron chi connectivity index (χ4n) is 5.18. The molecular formula is C37H61O3P. The molecule has 0 fully saturated rings. The van der Waals surface area contributed by atoms with Crippen LogP contribution in [0.4, 0.5) is 0 Å². The maximum atomic E-state index is 6.02. The van der Waals surface area contributed by atoms with Crippen molar-refractivity contribution in [1.29, 1.82) is 0 Å². The van der Waals surface area contributed by atoms with Gasteiger partial charge < -0.3 is 9.05 Å². The summed E-state index contributed by atoms with van der Waals surface area (Å²) in [5.41, 5.74) is 0. The van der Waals surface area contributed by atoms with E-state index < -0.39 is 8.60 Å². The fourth-order valence-corrected chi connectivity index (χ4v) is 6.19. The molecule has 0 aliphatic rings. The van der Waals surface area contributed by atoms with Crippen LogP contribution in [0.1, 0.15) is 149 Å². The van der Waals surface area contributed by atoms with E-state index in [4.69, 9.17) is 13.6 Å². The first kappa shape index (κ1) is 35.6. The number of unbranched alkanes of at least 4 members (excludes halogenated alkanes) is 19. The van der Waals surface area contributed by atoms with Crippen molar-refractivity contribution in [1.82, 2.24) is 0 Å². The van der Waals surface area contributed by atoms with Crippen LogP contribution in [0.25, 0.3) is 0 Å². The Kier molecular flexibility index (Phi) is 22.7. The quantitative estimate of drug-likeness (QED) is 0.0735. The molecule has 0 atom stereocenters. The third kappa shape index (κ3) is 21.7. The van der Waals surface area contributed by atoms with Crippen molar-refractivity contribution in [2.45, 2.75) is 149 Å². The highest BCUT2D eigenvalue weighted by molar-refractivity contribution is 7.42. The van der Waals surface area contributed by atoms with Gasteiger partial charge in [0.25, 0.3) is 0 Å². The first-order valence-electron chi connectivity index (χ1n) is 17.1. The lowest BCUT2D eigenvalue weighted by Gasteiger charge is -2.17. The predicted molar refractivity (Wildman–Crippen MR) is 179 cm³/mol. The van der Waals surface area contributed by atoms with Crippen molar-refractivity contribution in [2.24, 2.45) is 5.92 Å². The van der Waals surface area contributed by atoms with Crippen molar-refractivity contribution in [2.75, 3.05) is 6.61 Å². The predicted octanol–water partition coefficient (Wildman–Crippen LogP) is 13.2. The highest BCUT2D eigenvalue weighted by Gasteiger charge is 2.17. The maximum Gasteiger partial charge on any atom is 0.463 e. The van der Waals surface area contributed by atoms with Gasteiger partial charge in [-0.15, -0.1) is 0 Å². The normalized spacial score (nSPS) is 11.4. The minimum absolute atomic E-state index is 0.671. The summed E-state index contributed by atoms with van der Waals surface area (Å²) in [6, 6.07) is 19.6. The molecule has 0 saturated heterocycles. The minimum atomic E-state index is -1.46. The second-order valence-corrected chi connectivity index (χ2v) is 13.2. The Labute approximate surface area is 255 Å². The van der Waals surface area contributed by atoms with Crippen LogP contribution in [0.5, 0.6) is 11.5 Å². The van der Waals surface area contributed by atoms with Crippen molar-refractivity contribution in [3.63, 3.8) is 0 Å². The van der Waals surface area contributed by atoms with Crippen molar-refractivity contribution in [3.8, 4) is 11.5 Å². The van der Waals surface area contributed by atoms with E-state index in [1.54, 1.807) is 0 Å². The zero-order valence-electron chi connectivity index (χ0n) is 26.6. The summed E-state index contributed by atoms with van der Waals surface area (Å²) < 4.78 is 18.0. The van der Waals surface area contributed by atoms with Gasteiger partial charge >= 0.3 is 8.60 Å². The molecule has 41 heavy (non-hydrogen) atoms. The lowest BCUT2D eigenvalue weighted by molar-refractivity contribution is 0.258. The Bertz CT molecular complexity index is 757. The number of hydrogen-bond donors (Lipinski definition) is 0. The number of para-hydroxylation sites is 2. The molecule has 0 saturated carbocycles. The van der Waals surface area contributed by atoms with E-state index in [0.29, 0.717) is 6.61 Å². The van der Waals surface area contributed by atoms with Crippen molar-refractivity contribution < 1.29 is 13.6 Å². The molecule has 2 rings (SSSR count). The van der Waals surface area contributed by atoms with Gasteiger partial charge in [-0.3, -0.25) is 4.52 Å². The van der Waals surface area contributed by atoms with Gasteiger partial charge in [0.05, 0.1) is 6.61 Å². The lowest BCUT2D eigenvalue weighted by atomic mass is 10.0. The summed E-state index contributed by atoms with van der Waals surface area (Å²) in [6.07, 6.45) is 29.4. The number of rotatable bonds is 28. The average molecular weight is 585 g/mol. The Morgan fingerprint density at radius 1 is 0.439 bits per heavy atom. The molecule has 2 aromatic carbocycles. The maximum absolute atomic E-state index is 6.02. The Morgan fingerprint density at radius 3 is 1.10 bits per heavy atom. The van der Waals surface area contributed by atoms with E-state index in [1.165, 1.54) is 128 Å². The monoisotopic (exact) mass is 584 g/mol. The SMILES string of the molecule is CC(C)CCCCCCCCCCCCCCCCCCCCCCOP(Oc1ccccc1)Oc1ccccc1. The highest BCUT2D eigenvalue weighted by Crippen LogP contribution is 2.41. The molecule has 0 aliphatic carbocycles. The van der Waals surface area contributed by atoms with Crippen LogP contribution < -0.4 is 9.05 Å². The van der Waals surface area contributed by atoms with Gasteiger partial charge in [0.15, 0.2) is 0 Å². The molecule has 0 N–H and O–H groups in total. The molecule has 232 valence electrons. The summed E-state index contributed by atoms with van der Waals surface area (Å²) in [4.78, 5) is 0. The van der Waals surface area contributed by atoms with Crippen molar-refractivity contribution >= 4 is 8.60 Å². The summed E-state index contributed by atoms with van der Waals surface area (Å²) in [5.74, 6) is 2.43. The van der Waals surface area contributed by atoms with E-state index >= 15 is 0 Å². The zero-order chi connectivity index (χ0) is 29.1. The fraction of sp³-hybridized carbons (Fsp3) is 0.676. The number of benzene rings is 2. The Balaban J connectivity index is 1.33. The zero-order valence-corrected chi connectivity index (χ0v) is 27.5. The van der Waals surface area contributed by atoms with Gasteiger partial charge in [-0.1, -0.05) is 179 Å². The third-order valence-electron chi connectivity index (χ3n) is 7.72. The van der Waals surface area contributed by atoms with Crippen LogP contribution in [0.15, 0.2) is 60.7 Å². The van der Waals surface area contributed by atoms with Crippen LogP contribution >= 0.6 is 8.60 Å². The van der Waals surface area contributed by atoms with Gasteiger partial charge in [-0.05, 0) is 36.6 Å². The molecule has 0 spiro atoms. The topological polar surface area (TPSA) is 27.7 Å². The van der Waals surface area contributed by atoms with E-state index in [2.05, 4.69) is 13.8 Å². The highest BCUT2D eigenvalue weighted by atomic mass is 31.2. The second kappa shape index (κ2) is 26.1. The molecule has 0 heterocycles. The smallest absolute Gasteiger partial charge is 0.418 e. The van der Waals surface area contributed by atoms with E-state index in [1.807, 2.05) is 60.7 Å². The van der Waals surface area contributed by atoms with E-state index in [0.717, 1.165) is 23.8 Å². The summed E-state index contributed by atoms with van der Waals surface area (Å²) >= 11 is 0. The molecule has 2 aromatic rings. The van der Waals surface area contributed by atoms with E-state index in [9.17, 15) is 0 Å². The summed E-state index contributed by atoms with van der Waals surface area (Å²) in [6.45, 7) is 5.35. The minimum Gasteiger partial charge on any atom is -0.418 e. The van der Waals surface area contributed by atoms with Crippen molar-refractivity contribution in [3.05, 3.63) is 60.7 Å². The summed E-state index contributed by atoms with van der Waals surface area (Å²) in [7, 11) is -1.46. The average Bonchev–Trinajstić information content (AvgIpc) is 2.98. The summed E-state index contributed by atoms with van der Waals surface area (Å²) in [5, 5.41) is 0. The first-order valence-corrected chi connectivity index (χ1v) is 18.2.